The Hall–Kier alpha value is -3.63. The van der Waals surface area contributed by atoms with Crippen LogP contribution in [-0.4, -0.2) is 41.1 Å². The average molecular weight is 506 g/mol. The van der Waals surface area contributed by atoms with Crippen molar-refractivity contribution in [3.8, 4) is 22.5 Å². The van der Waals surface area contributed by atoms with Crippen molar-refractivity contribution < 1.29 is 9.90 Å². The second-order valence-electron chi connectivity index (χ2n) is 8.06. The van der Waals surface area contributed by atoms with E-state index in [1.807, 2.05) is 60.0 Å². The van der Waals surface area contributed by atoms with Crippen LogP contribution in [0.1, 0.15) is 27.0 Å². The van der Waals surface area contributed by atoms with Crippen LogP contribution in [-0.2, 0) is 13.6 Å². The molecule has 0 atom stereocenters. The van der Waals surface area contributed by atoms with E-state index in [1.54, 1.807) is 23.5 Å². The number of nitrogens with one attached hydrogen (secondary N) is 1. The molecule has 5 rings (SSSR count). The number of nitrogens with zero attached hydrogens (tertiary/aromatic N) is 4. The van der Waals surface area contributed by atoms with E-state index in [4.69, 9.17) is 4.98 Å². The molecule has 0 saturated heterocycles. The molecular weight excluding hydrogens is 482 g/mol. The first-order chi connectivity index (χ1) is 16.9. The van der Waals surface area contributed by atoms with Crippen LogP contribution < -0.4 is 5.69 Å². The minimum Gasteiger partial charge on any atom is -0.477 e. The number of carboxylic acid groups (broad SMARTS) is 1. The number of imidazole rings is 1. The molecule has 0 spiro atoms. The maximum Gasteiger partial charge on any atom is 0.361 e. The lowest BCUT2D eigenvalue weighted by Crippen LogP contribution is -2.04. The lowest BCUT2D eigenvalue weighted by atomic mass is 9.98. The van der Waals surface area contributed by atoms with E-state index in [2.05, 4.69) is 17.0 Å². The predicted octanol–water partition coefficient (Wildman–Crippen LogP) is 5.02. The van der Waals surface area contributed by atoms with Gasteiger partial charge in [-0.1, -0.05) is 67.2 Å². The molecule has 8 nitrogen and oxygen atoms in total. The summed E-state index contributed by atoms with van der Waals surface area (Å²) >= 11 is 2.88. The zero-order valence-corrected chi connectivity index (χ0v) is 21.0. The highest BCUT2D eigenvalue weighted by molar-refractivity contribution is 7.99. The van der Waals surface area contributed by atoms with E-state index in [-0.39, 0.29) is 5.69 Å². The summed E-state index contributed by atoms with van der Waals surface area (Å²) in [4.78, 5) is 33.7. The second-order valence-corrected chi connectivity index (χ2v) is 10.5. The molecule has 5 aromatic rings. The maximum atomic E-state index is 11.9. The fraction of sp³-hybridized carbons (Fsp3) is 0.200. The molecule has 0 unspecified atom stereocenters. The summed E-state index contributed by atoms with van der Waals surface area (Å²) in [5.41, 5.74) is 4.92. The first-order valence-electron chi connectivity index (χ1n) is 11.0. The van der Waals surface area contributed by atoms with Gasteiger partial charge in [-0.25, -0.2) is 19.7 Å². The number of carbonyl (C=O) groups is 1. The summed E-state index contributed by atoms with van der Waals surface area (Å²) in [6.45, 7) is 4.49. The lowest BCUT2D eigenvalue weighted by Gasteiger charge is -2.12. The molecule has 35 heavy (non-hydrogen) atoms. The Balaban J connectivity index is 1.53. The largest absolute Gasteiger partial charge is 0.477 e. The smallest absolute Gasteiger partial charge is 0.361 e. The molecule has 0 fully saturated rings. The highest BCUT2D eigenvalue weighted by atomic mass is 32.2. The van der Waals surface area contributed by atoms with E-state index in [1.165, 1.54) is 11.3 Å². The number of thiophene rings is 1. The van der Waals surface area contributed by atoms with E-state index >= 15 is 0 Å². The van der Waals surface area contributed by atoms with Gasteiger partial charge in [0.1, 0.15) is 10.4 Å². The van der Waals surface area contributed by atoms with Crippen molar-refractivity contribution in [2.45, 2.75) is 25.5 Å². The zero-order valence-electron chi connectivity index (χ0n) is 19.4. The van der Waals surface area contributed by atoms with Crippen molar-refractivity contribution in [2.24, 2.45) is 7.05 Å². The van der Waals surface area contributed by atoms with E-state index in [0.29, 0.717) is 22.8 Å². The topological polar surface area (TPSA) is 106 Å². The summed E-state index contributed by atoms with van der Waals surface area (Å²) in [5.74, 6) is 0.489. The summed E-state index contributed by atoms with van der Waals surface area (Å²) in [6.07, 6.45) is 0. The van der Waals surface area contributed by atoms with Gasteiger partial charge >= 0.3 is 11.7 Å². The molecule has 0 amide bonds. The van der Waals surface area contributed by atoms with Crippen molar-refractivity contribution in [2.75, 3.05) is 5.75 Å². The van der Waals surface area contributed by atoms with Crippen LogP contribution in [0.3, 0.4) is 0 Å². The molecular formula is C25H23N5O3S2. The molecule has 0 bridgehead atoms. The van der Waals surface area contributed by atoms with Crippen LogP contribution >= 0.6 is 23.1 Å². The monoisotopic (exact) mass is 505 g/mol. The number of H-pyrrole nitrogens is 1. The minimum absolute atomic E-state index is 0.322. The molecule has 0 aliphatic heterocycles. The van der Waals surface area contributed by atoms with Gasteiger partial charge < -0.3 is 9.67 Å². The van der Waals surface area contributed by atoms with Crippen molar-refractivity contribution >= 4 is 40.1 Å². The molecule has 3 heterocycles. The Morgan fingerprint density at radius 2 is 1.83 bits per heavy atom. The van der Waals surface area contributed by atoms with E-state index < -0.39 is 5.97 Å². The SMILES string of the molecule is CCSc1nc2c(C)sc(C(=O)O)c2n1Cc1ccc(-c2ccccc2-c2nc(=O)[nH]n2C)cc1. The summed E-state index contributed by atoms with van der Waals surface area (Å²) < 4.78 is 3.63. The summed E-state index contributed by atoms with van der Waals surface area (Å²) in [5, 5.41) is 13.2. The zero-order chi connectivity index (χ0) is 24.7. The number of fused-ring (bicyclic) bond motifs is 1. The number of aryl methyl sites for hydroxylation is 2. The van der Waals surface area contributed by atoms with Gasteiger partial charge in [0.05, 0.1) is 12.1 Å². The lowest BCUT2D eigenvalue weighted by molar-refractivity contribution is 0.0703. The minimum atomic E-state index is -0.929. The number of hydrogen-bond acceptors (Lipinski definition) is 6. The maximum absolute atomic E-state index is 11.9. The van der Waals surface area contributed by atoms with Gasteiger partial charge in [-0.15, -0.1) is 11.3 Å². The number of thioether (sulfide) groups is 1. The molecule has 0 saturated carbocycles. The Bertz CT molecular complexity index is 1610. The molecule has 2 aromatic carbocycles. The van der Waals surface area contributed by atoms with Gasteiger partial charge in [0.25, 0.3) is 0 Å². The van der Waals surface area contributed by atoms with Crippen LogP contribution in [0.5, 0.6) is 0 Å². The van der Waals surface area contributed by atoms with Crippen molar-refractivity contribution in [1.82, 2.24) is 24.3 Å². The first kappa shape index (κ1) is 23.1. The van der Waals surface area contributed by atoms with E-state index in [9.17, 15) is 14.7 Å². The number of aromatic nitrogens is 5. The average Bonchev–Trinajstić information content (AvgIpc) is 3.47. The van der Waals surface area contributed by atoms with Gasteiger partial charge in [-0.05, 0) is 29.4 Å². The molecule has 2 N–H and O–H groups in total. The molecule has 0 aliphatic carbocycles. The van der Waals surface area contributed by atoms with Crippen molar-refractivity contribution in [1.29, 1.82) is 0 Å². The van der Waals surface area contributed by atoms with Crippen LogP contribution in [0.2, 0.25) is 0 Å². The Morgan fingerprint density at radius 3 is 2.46 bits per heavy atom. The normalized spacial score (nSPS) is 11.4. The molecule has 0 radical (unpaired) electrons. The Morgan fingerprint density at radius 1 is 1.11 bits per heavy atom. The van der Waals surface area contributed by atoms with Gasteiger partial charge in [0, 0.05) is 17.5 Å². The number of benzene rings is 2. The fourth-order valence-electron chi connectivity index (χ4n) is 4.22. The van der Waals surface area contributed by atoms with Crippen LogP contribution in [0.4, 0.5) is 0 Å². The first-order valence-corrected chi connectivity index (χ1v) is 12.8. The molecule has 3 aromatic heterocycles. The van der Waals surface area contributed by atoms with Gasteiger partial charge in [0.15, 0.2) is 11.0 Å². The van der Waals surface area contributed by atoms with Crippen LogP contribution in [0.15, 0.2) is 58.5 Å². The molecule has 178 valence electrons. The third kappa shape index (κ3) is 4.19. The third-order valence-corrected chi connectivity index (χ3v) is 7.70. The predicted molar refractivity (Wildman–Crippen MR) is 140 cm³/mol. The Kier molecular flexibility index (Phi) is 6.08. The van der Waals surface area contributed by atoms with E-state index in [0.717, 1.165) is 43.6 Å². The van der Waals surface area contributed by atoms with Crippen molar-refractivity contribution in [3.05, 3.63) is 74.3 Å². The second kappa shape index (κ2) is 9.20. The van der Waals surface area contributed by atoms with Gasteiger partial charge in [0.2, 0.25) is 0 Å². The quantitative estimate of drug-likeness (QED) is 0.301. The molecule has 10 heteroatoms. The number of hydrogen-bond donors (Lipinski definition) is 2. The highest BCUT2D eigenvalue weighted by Crippen LogP contribution is 2.35. The Labute approximate surface area is 209 Å². The number of aromatic carboxylic acids is 1. The number of aromatic amines is 1. The fourth-order valence-corrected chi connectivity index (χ4v) is 5.89. The molecule has 0 aliphatic rings. The number of carboxylic acids is 1. The summed E-state index contributed by atoms with van der Waals surface area (Å²) in [6, 6.07) is 16.0. The standard InChI is InChI=1S/C25H23N5O3S2/c1-4-34-25-26-19-14(2)35-21(23(31)32)20(19)30(25)13-15-9-11-16(12-10-15)17-7-5-6-8-18(17)22-27-24(33)28-29(22)3/h5-12H,4,13H2,1-3H3,(H,28,33)(H,31,32). The third-order valence-electron chi connectivity index (χ3n) is 5.77. The summed E-state index contributed by atoms with van der Waals surface area (Å²) in [7, 11) is 1.76. The highest BCUT2D eigenvalue weighted by Gasteiger charge is 2.23. The van der Waals surface area contributed by atoms with Crippen molar-refractivity contribution in [3.63, 3.8) is 0 Å². The van der Waals surface area contributed by atoms with Gasteiger partial charge in [-0.3, -0.25) is 4.68 Å². The van der Waals surface area contributed by atoms with Gasteiger partial charge in [-0.2, -0.15) is 4.98 Å². The van der Waals surface area contributed by atoms with Crippen LogP contribution in [0, 0.1) is 6.92 Å². The van der Waals surface area contributed by atoms with Crippen LogP contribution in [0.25, 0.3) is 33.5 Å². The number of rotatable bonds is 7.